The van der Waals surface area contributed by atoms with Crippen LogP contribution in [0.15, 0.2) is 71.8 Å². The Morgan fingerprint density at radius 3 is 2.59 bits per heavy atom. The molecule has 7 heteroatoms. The van der Waals surface area contributed by atoms with Crippen molar-refractivity contribution in [2.45, 2.75) is 6.92 Å². The molecule has 0 heterocycles. The molecule has 3 aromatic rings. The standard InChI is InChI=1S/C25H25N3O4/c1-3-32-23-14-12-18-8-4-6-10-20(18)21(23)16-27-28-25(30)17-26-24(29)15-13-19-9-5-7-11-22(19)31-2/h4-16H,3,17H2,1-2H3,(H,26,29)(H,28,30)/b15-13+,27-16+. The zero-order valence-electron chi connectivity index (χ0n) is 18.0. The van der Waals surface area contributed by atoms with Gasteiger partial charge in [-0.1, -0.05) is 48.5 Å². The van der Waals surface area contributed by atoms with Gasteiger partial charge < -0.3 is 14.8 Å². The van der Waals surface area contributed by atoms with Gasteiger partial charge >= 0.3 is 0 Å². The second-order valence-electron chi connectivity index (χ2n) is 6.72. The Balaban J connectivity index is 1.57. The van der Waals surface area contributed by atoms with Crippen LogP contribution in [0.3, 0.4) is 0 Å². The van der Waals surface area contributed by atoms with Crippen LogP contribution in [0.25, 0.3) is 16.8 Å². The van der Waals surface area contributed by atoms with Crippen molar-refractivity contribution in [3.63, 3.8) is 0 Å². The number of nitrogens with zero attached hydrogens (tertiary/aromatic N) is 1. The van der Waals surface area contributed by atoms with Crippen LogP contribution in [0.2, 0.25) is 0 Å². The zero-order chi connectivity index (χ0) is 22.8. The monoisotopic (exact) mass is 431 g/mol. The quantitative estimate of drug-likeness (QED) is 0.308. The van der Waals surface area contributed by atoms with E-state index in [0.717, 1.165) is 21.9 Å². The molecule has 164 valence electrons. The van der Waals surface area contributed by atoms with E-state index in [4.69, 9.17) is 9.47 Å². The number of benzene rings is 3. The van der Waals surface area contributed by atoms with Crippen LogP contribution in [-0.4, -0.2) is 38.3 Å². The normalized spacial score (nSPS) is 11.1. The first-order valence-corrected chi connectivity index (χ1v) is 10.2. The summed E-state index contributed by atoms with van der Waals surface area (Å²) in [6, 6.07) is 19.0. The Morgan fingerprint density at radius 2 is 1.78 bits per heavy atom. The van der Waals surface area contributed by atoms with Gasteiger partial charge in [0.05, 0.1) is 26.5 Å². The van der Waals surface area contributed by atoms with E-state index in [-0.39, 0.29) is 6.54 Å². The summed E-state index contributed by atoms with van der Waals surface area (Å²) in [6.45, 7) is 2.21. The highest BCUT2D eigenvalue weighted by atomic mass is 16.5. The van der Waals surface area contributed by atoms with Gasteiger partial charge in [0.25, 0.3) is 5.91 Å². The molecule has 0 unspecified atom stereocenters. The molecule has 0 spiro atoms. The third kappa shape index (κ3) is 5.95. The average molecular weight is 431 g/mol. The molecule has 0 aliphatic carbocycles. The summed E-state index contributed by atoms with van der Waals surface area (Å²) in [4.78, 5) is 24.1. The predicted octanol–water partition coefficient (Wildman–Crippen LogP) is 3.53. The Kier molecular flexibility index (Phi) is 7.97. The number of carbonyl (C=O) groups excluding carboxylic acids is 2. The minimum Gasteiger partial charge on any atom is -0.496 e. The van der Waals surface area contributed by atoms with Crippen molar-refractivity contribution in [2.24, 2.45) is 5.10 Å². The number of hydrazone groups is 1. The van der Waals surface area contributed by atoms with Crippen molar-refractivity contribution in [1.29, 1.82) is 0 Å². The van der Waals surface area contributed by atoms with E-state index in [2.05, 4.69) is 15.8 Å². The van der Waals surface area contributed by atoms with Crippen LogP contribution in [0.1, 0.15) is 18.1 Å². The summed E-state index contributed by atoms with van der Waals surface area (Å²) >= 11 is 0. The molecule has 0 saturated carbocycles. The minimum atomic E-state index is -0.446. The van der Waals surface area contributed by atoms with E-state index in [0.29, 0.717) is 18.1 Å². The number of methoxy groups -OCH3 is 1. The lowest BCUT2D eigenvalue weighted by Gasteiger charge is -2.10. The number of para-hydroxylation sites is 1. The Hall–Kier alpha value is -4.13. The third-order valence-electron chi connectivity index (χ3n) is 4.59. The average Bonchev–Trinajstić information content (AvgIpc) is 2.82. The molecule has 0 aromatic heterocycles. The maximum atomic E-state index is 12.1. The second-order valence-corrected chi connectivity index (χ2v) is 6.72. The first kappa shape index (κ1) is 22.6. The smallest absolute Gasteiger partial charge is 0.259 e. The van der Waals surface area contributed by atoms with Crippen molar-refractivity contribution in [3.8, 4) is 11.5 Å². The van der Waals surface area contributed by atoms with E-state index in [9.17, 15) is 9.59 Å². The van der Waals surface area contributed by atoms with Gasteiger partial charge in [0, 0.05) is 17.2 Å². The molecule has 2 N–H and O–H groups in total. The Morgan fingerprint density at radius 1 is 1.00 bits per heavy atom. The largest absolute Gasteiger partial charge is 0.496 e. The van der Waals surface area contributed by atoms with Gasteiger partial charge in [0.15, 0.2) is 0 Å². The predicted molar refractivity (Wildman–Crippen MR) is 126 cm³/mol. The maximum absolute atomic E-state index is 12.1. The van der Waals surface area contributed by atoms with Crippen LogP contribution >= 0.6 is 0 Å². The van der Waals surface area contributed by atoms with Crippen LogP contribution in [0.5, 0.6) is 11.5 Å². The molecule has 0 radical (unpaired) electrons. The number of hydrogen-bond acceptors (Lipinski definition) is 5. The number of amides is 2. The summed E-state index contributed by atoms with van der Waals surface area (Å²) in [6.07, 6.45) is 4.52. The summed E-state index contributed by atoms with van der Waals surface area (Å²) in [7, 11) is 1.56. The fourth-order valence-electron chi connectivity index (χ4n) is 3.09. The van der Waals surface area contributed by atoms with E-state index < -0.39 is 11.8 Å². The lowest BCUT2D eigenvalue weighted by atomic mass is 10.0. The van der Waals surface area contributed by atoms with E-state index in [1.807, 2.05) is 61.5 Å². The molecular weight excluding hydrogens is 406 g/mol. The third-order valence-corrected chi connectivity index (χ3v) is 4.59. The minimum absolute atomic E-state index is 0.208. The van der Waals surface area contributed by atoms with E-state index >= 15 is 0 Å². The molecule has 0 fully saturated rings. The summed E-state index contributed by atoms with van der Waals surface area (Å²) < 4.78 is 10.9. The molecule has 0 aliphatic heterocycles. The van der Waals surface area contributed by atoms with Gasteiger partial charge in [-0.3, -0.25) is 9.59 Å². The molecule has 7 nitrogen and oxygen atoms in total. The molecule has 32 heavy (non-hydrogen) atoms. The summed E-state index contributed by atoms with van der Waals surface area (Å²) in [5.74, 6) is 0.490. The number of ether oxygens (including phenoxy) is 2. The summed E-state index contributed by atoms with van der Waals surface area (Å²) in [5, 5.41) is 8.57. The number of hydrogen-bond donors (Lipinski definition) is 2. The van der Waals surface area contributed by atoms with Gasteiger partial charge in [-0.25, -0.2) is 5.43 Å². The highest BCUT2D eigenvalue weighted by Crippen LogP contribution is 2.26. The first-order valence-electron chi connectivity index (χ1n) is 10.2. The fourth-order valence-corrected chi connectivity index (χ4v) is 3.09. The molecular formula is C25H25N3O4. The molecule has 2 amide bonds. The van der Waals surface area contributed by atoms with Crippen LogP contribution < -0.4 is 20.2 Å². The van der Waals surface area contributed by atoms with Gasteiger partial charge in [-0.2, -0.15) is 5.10 Å². The number of fused-ring (bicyclic) bond motifs is 1. The van der Waals surface area contributed by atoms with Crippen molar-refractivity contribution in [1.82, 2.24) is 10.7 Å². The lowest BCUT2D eigenvalue weighted by molar-refractivity contribution is -0.123. The van der Waals surface area contributed by atoms with Crippen molar-refractivity contribution >= 4 is 34.9 Å². The lowest BCUT2D eigenvalue weighted by Crippen LogP contribution is -2.34. The molecule has 3 aromatic carbocycles. The highest BCUT2D eigenvalue weighted by Gasteiger charge is 2.07. The van der Waals surface area contributed by atoms with Gasteiger partial charge in [0.2, 0.25) is 5.91 Å². The number of carbonyl (C=O) groups is 2. The molecule has 0 aliphatic rings. The molecule has 0 saturated heterocycles. The second kappa shape index (κ2) is 11.3. The van der Waals surface area contributed by atoms with Crippen LogP contribution in [0.4, 0.5) is 0 Å². The fraction of sp³-hybridized carbons (Fsp3) is 0.160. The van der Waals surface area contributed by atoms with Gasteiger partial charge in [0.1, 0.15) is 11.5 Å². The van der Waals surface area contributed by atoms with Crippen molar-refractivity contribution < 1.29 is 19.1 Å². The van der Waals surface area contributed by atoms with Gasteiger partial charge in [-0.05, 0) is 35.9 Å². The molecule has 0 bridgehead atoms. The van der Waals surface area contributed by atoms with E-state index in [1.165, 1.54) is 6.08 Å². The summed E-state index contributed by atoms with van der Waals surface area (Å²) in [5.41, 5.74) is 3.96. The number of nitrogens with one attached hydrogen (secondary N) is 2. The SMILES string of the molecule is CCOc1ccc2ccccc2c1/C=N/NC(=O)CNC(=O)/C=C/c1ccccc1OC. The molecule has 3 rings (SSSR count). The number of rotatable bonds is 9. The Labute approximate surface area is 186 Å². The van der Waals surface area contributed by atoms with Crippen LogP contribution in [0, 0.1) is 0 Å². The first-order chi connectivity index (χ1) is 15.6. The maximum Gasteiger partial charge on any atom is 0.259 e. The van der Waals surface area contributed by atoms with Crippen molar-refractivity contribution in [3.05, 3.63) is 77.9 Å². The topological polar surface area (TPSA) is 89.0 Å². The zero-order valence-corrected chi connectivity index (χ0v) is 18.0. The Bertz CT molecular complexity index is 1150. The highest BCUT2D eigenvalue weighted by molar-refractivity contribution is 6.02. The molecule has 0 atom stereocenters. The van der Waals surface area contributed by atoms with Gasteiger partial charge in [-0.15, -0.1) is 0 Å². The van der Waals surface area contributed by atoms with E-state index in [1.54, 1.807) is 25.5 Å². The van der Waals surface area contributed by atoms with Crippen molar-refractivity contribution in [2.75, 3.05) is 20.3 Å². The van der Waals surface area contributed by atoms with Crippen LogP contribution in [-0.2, 0) is 9.59 Å².